The molecule has 2 aliphatic rings. The van der Waals surface area contributed by atoms with Crippen molar-refractivity contribution in [2.45, 2.75) is 64.7 Å². The average molecular weight is 531 g/mol. The van der Waals surface area contributed by atoms with E-state index in [4.69, 9.17) is 14.2 Å². The van der Waals surface area contributed by atoms with Crippen LogP contribution in [0.3, 0.4) is 0 Å². The molecule has 1 unspecified atom stereocenters. The smallest absolute Gasteiger partial charge is 0.252 e. The number of aromatic nitrogens is 5. The van der Waals surface area contributed by atoms with Gasteiger partial charge in [0, 0.05) is 29.6 Å². The van der Waals surface area contributed by atoms with Crippen LogP contribution in [0.25, 0.3) is 10.9 Å². The summed E-state index contributed by atoms with van der Waals surface area (Å²) in [6.07, 6.45) is 4.54. The standard InChI is InChI=1S/C29H34N6O4/c1-18(2)27(28-31-32-33-35(28)15-19-8-10-23(37-3)11-9-19)34(22-6-4-5-7-22)16-21-12-20-13-25-26(39-17-38-25)14-24(20)30-29(21)36/h8-14,18,22,27H,4-7,15-17H2,1-3H3,(H,30,36). The maximum absolute atomic E-state index is 13.3. The first kappa shape index (κ1) is 25.4. The number of methoxy groups -OCH3 is 1. The Hall–Kier alpha value is -3.92. The van der Waals surface area contributed by atoms with Gasteiger partial charge in [-0.1, -0.05) is 38.8 Å². The van der Waals surface area contributed by atoms with E-state index in [1.165, 1.54) is 12.8 Å². The fraction of sp³-hybridized carbons (Fsp3) is 0.448. The predicted molar refractivity (Wildman–Crippen MR) is 146 cm³/mol. The Morgan fingerprint density at radius 1 is 1.10 bits per heavy atom. The number of benzene rings is 2. The summed E-state index contributed by atoms with van der Waals surface area (Å²) < 4.78 is 18.3. The normalized spacial score (nSPS) is 16.0. The van der Waals surface area contributed by atoms with Gasteiger partial charge in [0.15, 0.2) is 17.3 Å². The molecule has 0 saturated heterocycles. The Kier molecular flexibility index (Phi) is 6.95. The molecule has 0 amide bonds. The Balaban J connectivity index is 1.35. The van der Waals surface area contributed by atoms with Crippen molar-refractivity contribution < 1.29 is 14.2 Å². The fourth-order valence-corrected chi connectivity index (χ4v) is 5.92. The number of ether oxygens (including phenoxy) is 3. The van der Waals surface area contributed by atoms with Crippen LogP contribution in [-0.2, 0) is 13.1 Å². The molecule has 2 aromatic carbocycles. The van der Waals surface area contributed by atoms with Crippen molar-refractivity contribution in [1.29, 1.82) is 0 Å². The number of tetrazole rings is 1. The first-order valence-corrected chi connectivity index (χ1v) is 13.6. The summed E-state index contributed by atoms with van der Waals surface area (Å²) in [4.78, 5) is 18.8. The second-order valence-corrected chi connectivity index (χ2v) is 10.8. The molecule has 3 heterocycles. The molecule has 0 spiro atoms. The average Bonchev–Trinajstić information content (AvgIpc) is 3.71. The zero-order valence-corrected chi connectivity index (χ0v) is 22.6. The first-order chi connectivity index (χ1) is 19.0. The molecule has 1 fully saturated rings. The molecule has 4 aromatic rings. The summed E-state index contributed by atoms with van der Waals surface area (Å²) >= 11 is 0. The number of fused-ring (bicyclic) bond motifs is 2. The molecule has 10 heteroatoms. The third kappa shape index (κ3) is 5.08. The summed E-state index contributed by atoms with van der Waals surface area (Å²) in [6.45, 7) is 5.65. The van der Waals surface area contributed by atoms with Gasteiger partial charge in [-0.2, -0.15) is 0 Å². The highest BCUT2D eigenvalue weighted by Gasteiger charge is 2.35. The third-order valence-corrected chi connectivity index (χ3v) is 7.87. The van der Waals surface area contributed by atoms with Crippen LogP contribution in [0.2, 0.25) is 0 Å². The zero-order chi connectivity index (χ0) is 26.9. The first-order valence-electron chi connectivity index (χ1n) is 13.6. The van der Waals surface area contributed by atoms with E-state index in [1.807, 2.05) is 47.1 Å². The van der Waals surface area contributed by atoms with Crippen LogP contribution in [0, 0.1) is 5.92 Å². The summed E-state index contributed by atoms with van der Waals surface area (Å²) in [5, 5.41) is 13.9. The molecule has 0 bridgehead atoms. The van der Waals surface area contributed by atoms with Gasteiger partial charge in [0.2, 0.25) is 6.79 Å². The van der Waals surface area contributed by atoms with E-state index in [0.717, 1.165) is 40.9 Å². The molecule has 1 N–H and O–H groups in total. The maximum atomic E-state index is 13.3. The summed E-state index contributed by atoms with van der Waals surface area (Å²) in [6, 6.07) is 14.0. The van der Waals surface area contributed by atoms with E-state index < -0.39 is 0 Å². The van der Waals surface area contributed by atoms with Gasteiger partial charge in [-0.15, -0.1) is 5.10 Å². The molecule has 1 atom stereocenters. The van der Waals surface area contributed by atoms with E-state index in [1.54, 1.807) is 7.11 Å². The highest BCUT2D eigenvalue weighted by molar-refractivity contribution is 5.83. The Bertz CT molecular complexity index is 1510. The lowest BCUT2D eigenvalue weighted by Crippen LogP contribution is -2.41. The van der Waals surface area contributed by atoms with E-state index in [-0.39, 0.29) is 24.3 Å². The SMILES string of the molecule is COc1ccc(Cn2nnnc2C(C(C)C)N(Cc2cc3cc4c(cc3[nH]c2=O)OCO4)C2CCCC2)cc1. The molecule has 10 nitrogen and oxygen atoms in total. The number of hydrogen-bond acceptors (Lipinski definition) is 8. The minimum absolute atomic E-state index is 0.0619. The molecule has 0 radical (unpaired) electrons. The second kappa shape index (κ2) is 10.7. The van der Waals surface area contributed by atoms with Crippen molar-refractivity contribution in [3.8, 4) is 17.2 Å². The monoisotopic (exact) mass is 530 g/mol. The fourth-order valence-electron chi connectivity index (χ4n) is 5.92. The number of nitrogens with zero attached hydrogens (tertiary/aromatic N) is 5. The molecule has 204 valence electrons. The van der Waals surface area contributed by atoms with Crippen molar-refractivity contribution in [3.05, 3.63) is 69.8 Å². The van der Waals surface area contributed by atoms with Gasteiger partial charge < -0.3 is 19.2 Å². The van der Waals surface area contributed by atoms with E-state index in [0.29, 0.717) is 36.2 Å². The summed E-state index contributed by atoms with van der Waals surface area (Å²) in [5.41, 5.74) is 2.45. The molecule has 2 aromatic heterocycles. The van der Waals surface area contributed by atoms with Gasteiger partial charge in [0.1, 0.15) is 5.75 Å². The molecular formula is C29H34N6O4. The largest absolute Gasteiger partial charge is 0.497 e. The number of aromatic amines is 1. The Labute approximate surface area is 226 Å². The van der Waals surface area contributed by atoms with E-state index in [2.05, 4.69) is 39.3 Å². The Morgan fingerprint density at radius 3 is 2.56 bits per heavy atom. The Morgan fingerprint density at radius 2 is 1.85 bits per heavy atom. The van der Waals surface area contributed by atoms with Gasteiger partial charge in [-0.3, -0.25) is 9.69 Å². The van der Waals surface area contributed by atoms with E-state index >= 15 is 0 Å². The third-order valence-electron chi connectivity index (χ3n) is 7.87. The van der Waals surface area contributed by atoms with Crippen LogP contribution in [-0.4, -0.2) is 50.0 Å². The minimum atomic E-state index is -0.0929. The molecule has 39 heavy (non-hydrogen) atoms. The van der Waals surface area contributed by atoms with Crippen molar-refractivity contribution in [2.75, 3.05) is 13.9 Å². The van der Waals surface area contributed by atoms with Gasteiger partial charge in [-0.05, 0) is 59.0 Å². The number of nitrogens with one attached hydrogen (secondary N) is 1. The van der Waals surface area contributed by atoms with Crippen LogP contribution in [0.15, 0.2) is 47.3 Å². The number of H-pyrrole nitrogens is 1. The van der Waals surface area contributed by atoms with Gasteiger partial charge in [0.05, 0.1) is 25.2 Å². The number of rotatable bonds is 9. The quantitative estimate of drug-likeness (QED) is 0.338. The molecule has 1 aliphatic heterocycles. The lowest BCUT2D eigenvalue weighted by atomic mass is 9.97. The highest BCUT2D eigenvalue weighted by Crippen LogP contribution is 2.38. The molecule has 1 aliphatic carbocycles. The summed E-state index contributed by atoms with van der Waals surface area (Å²) in [7, 11) is 1.66. The lowest BCUT2D eigenvalue weighted by molar-refractivity contribution is 0.0844. The van der Waals surface area contributed by atoms with Crippen LogP contribution < -0.4 is 19.8 Å². The predicted octanol–water partition coefficient (Wildman–Crippen LogP) is 4.44. The van der Waals surface area contributed by atoms with Gasteiger partial charge in [0.25, 0.3) is 5.56 Å². The topological polar surface area (TPSA) is 107 Å². The number of hydrogen-bond donors (Lipinski definition) is 1. The van der Waals surface area contributed by atoms with Gasteiger partial charge >= 0.3 is 0 Å². The molecule has 1 saturated carbocycles. The zero-order valence-electron chi connectivity index (χ0n) is 22.6. The van der Waals surface area contributed by atoms with Crippen LogP contribution in [0.5, 0.6) is 17.2 Å². The highest BCUT2D eigenvalue weighted by atomic mass is 16.7. The lowest BCUT2D eigenvalue weighted by Gasteiger charge is -2.38. The molecular weight excluding hydrogens is 496 g/mol. The van der Waals surface area contributed by atoms with Crippen LogP contribution in [0.4, 0.5) is 0 Å². The summed E-state index contributed by atoms with van der Waals surface area (Å²) in [5.74, 6) is 3.20. The number of pyridine rings is 1. The minimum Gasteiger partial charge on any atom is -0.497 e. The second-order valence-electron chi connectivity index (χ2n) is 10.8. The van der Waals surface area contributed by atoms with Crippen molar-refractivity contribution in [2.24, 2.45) is 5.92 Å². The van der Waals surface area contributed by atoms with Crippen LogP contribution >= 0.6 is 0 Å². The van der Waals surface area contributed by atoms with Crippen LogP contribution in [0.1, 0.15) is 62.5 Å². The van der Waals surface area contributed by atoms with Crippen molar-refractivity contribution >= 4 is 10.9 Å². The molecule has 6 rings (SSSR count). The maximum Gasteiger partial charge on any atom is 0.252 e. The van der Waals surface area contributed by atoms with Crippen molar-refractivity contribution in [3.63, 3.8) is 0 Å². The van der Waals surface area contributed by atoms with Gasteiger partial charge in [-0.25, -0.2) is 4.68 Å². The van der Waals surface area contributed by atoms with E-state index in [9.17, 15) is 4.79 Å². The van der Waals surface area contributed by atoms with Crippen molar-refractivity contribution in [1.82, 2.24) is 30.1 Å².